The normalized spacial score (nSPS) is 25.5. The van der Waals surface area contributed by atoms with Crippen LogP contribution >= 0.6 is 23.2 Å². The fraction of sp³-hybridized carbons (Fsp3) is 0.300. The van der Waals surface area contributed by atoms with Gasteiger partial charge in [-0.3, -0.25) is 9.10 Å². The second-order valence-corrected chi connectivity index (χ2v) is 12.9. The number of ether oxygens (including phenoxy) is 1. The highest BCUT2D eigenvalue weighted by Gasteiger charge is 2.52. The number of amides is 1. The molecule has 6 nitrogen and oxygen atoms in total. The number of nitrogens with zero attached hydrogens (tertiary/aromatic N) is 2. The lowest BCUT2D eigenvalue weighted by atomic mass is 9.88. The molecule has 0 aliphatic carbocycles. The maximum atomic E-state index is 14.7. The highest BCUT2D eigenvalue weighted by molar-refractivity contribution is 7.93. The molecule has 5 atom stereocenters. The molecule has 0 saturated carbocycles. The molecule has 2 saturated heterocycles. The second kappa shape index (κ2) is 11.5. The molecule has 1 amide bonds. The number of morpholine rings is 1. The lowest BCUT2D eigenvalue weighted by molar-refractivity contribution is -0.182. The average molecular weight is 604 g/mol. The van der Waals surface area contributed by atoms with Gasteiger partial charge in [0, 0.05) is 16.0 Å². The van der Waals surface area contributed by atoms with Crippen molar-refractivity contribution in [3.63, 3.8) is 0 Å². The Morgan fingerprint density at radius 1 is 1.00 bits per heavy atom. The van der Waals surface area contributed by atoms with E-state index in [0.29, 0.717) is 10.0 Å². The zero-order valence-electron chi connectivity index (χ0n) is 22.0. The van der Waals surface area contributed by atoms with Gasteiger partial charge in [-0.05, 0) is 54.4 Å². The van der Waals surface area contributed by atoms with Gasteiger partial charge in [0.25, 0.3) is 5.91 Å². The molecule has 0 unspecified atom stereocenters. The number of carbonyl (C=O) groups is 1. The van der Waals surface area contributed by atoms with Gasteiger partial charge >= 0.3 is 0 Å². The molecule has 2 aliphatic rings. The fourth-order valence-electron chi connectivity index (χ4n) is 5.58. The Hall–Kier alpha value is -2.91. The molecule has 0 aromatic heterocycles. The van der Waals surface area contributed by atoms with Crippen molar-refractivity contribution in [3.05, 3.63) is 112 Å². The second-order valence-electron chi connectivity index (χ2n) is 10.1. The molecular weight excluding hydrogens is 574 g/mol. The molecule has 2 fully saturated rings. The van der Waals surface area contributed by atoms with Crippen LogP contribution in [0.25, 0.3) is 0 Å². The molecule has 40 heavy (non-hydrogen) atoms. The first-order chi connectivity index (χ1) is 19.1. The number of rotatable bonds is 6. The van der Waals surface area contributed by atoms with Crippen LogP contribution in [0.3, 0.4) is 0 Å². The van der Waals surface area contributed by atoms with E-state index in [9.17, 15) is 17.6 Å². The summed E-state index contributed by atoms with van der Waals surface area (Å²) >= 11 is 12.6. The first-order valence-electron chi connectivity index (χ1n) is 13.0. The predicted molar refractivity (Wildman–Crippen MR) is 155 cm³/mol. The molecule has 0 N–H and O–H groups in total. The molecular formula is C30H29Cl2FN2O4S. The van der Waals surface area contributed by atoms with Gasteiger partial charge in [0.15, 0.2) is 0 Å². The van der Waals surface area contributed by atoms with E-state index < -0.39 is 40.1 Å². The zero-order valence-corrected chi connectivity index (χ0v) is 24.3. The summed E-state index contributed by atoms with van der Waals surface area (Å²) in [5.41, 5.74) is 1.43. The van der Waals surface area contributed by atoms with E-state index in [4.69, 9.17) is 27.9 Å². The van der Waals surface area contributed by atoms with Crippen molar-refractivity contribution in [3.8, 4) is 0 Å². The third-order valence-electron chi connectivity index (χ3n) is 7.37. The van der Waals surface area contributed by atoms with Crippen molar-refractivity contribution < 1.29 is 22.3 Å². The van der Waals surface area contributed by atoms with Crippen LogP contribution in [-0.4, -0.2) is 43.7 Å². The van der Waals surface area contributed by atoms with Crippen LogP contribution in [0.2, 0.25) is 10.0 Å². The molecule has 2 aliphatic heterocycles. The predicted octanol–water partition coefficient (Wildman–Crippen LogP) is 6.57. The van der Waals surface area contributed by atoms with Gasteiger partial charge in [-0.15, -0.1) is 0 Å². The number of benzene rings is 3. The van der Waals surface area contributed by atoms with E-state index in [1.807, 2.05) is 50.3 Å². The quantitative estimate of drug-likeness (QED) is 0.299. The largest absolute Gasteiger partial charge is 0.357 e. The van der Waals surface area contributed by atoms with E-state index in [0.717, 1.165) is 15.4 Å². The molecule has 0 radical (unpaired) electrons. The standard InChI is InChI=1S/C30H29Cl2FN2O4S/c1-3-7-19(2)28-30(36)35(24-17-34(40(37,38)18-24)26-11-5-4-10-25(26)33)27(20-12-14-22(31)15-13-20)29(39-28)21-8-6-9-23(32)16-21/h3-16,19,24,27-29H,17-18H2,1-2H3/b7-3+/t19-,24+,27+,28-,29+/m0/s1. The number of hydrogen-bond donors (Lipinski definition) is 0. The van der Waals surface area contributed by atoms with E-state index in [2.05, 4.69) is 0 Å². The number of sulfonamides is 1. The van der Waals surface area contributed by atoms with Crippen LogP contribution in [0.15, 0.2) is 84.9 Å². The van der Waals surface area contributed by atoms with Crippen LogP contribution in [-0.2, 0) is 19.6 Å². The first-order valence-corrected chi connectivity index (χ1v) is 15.3. The topological polar surface area (TPSA) is 66.9 Å². The van der Waals surface area contributed by atoms with Crippen molar-refractivity contribution >= 4 is 44.8 Å². The van der Waals surface area contributed by atoms with Crippen LogP contribution in [0.5, 0.6) is 0 Å². The van der Waals surface area contributed by atoms with Crippen LogP contribution in [0.1, 0.15) is 37.1 Å². The Bertz CT molecular complexity index is 1530. The van der Waals surface area contributed by atoms with Gasteiger partial charge in [-0.1, -0.05) is 78.7 Å². The fourth-order valence-corrected chi connectivity index (χ4v) is 7.69. The van der Waals surface area contributed by atoms with E-state index in [-0.39, 0.29) is 29.8 Å². The minimum absolute atomic E-state index is 0.0426. The van der Waals surface area contributed by atoms with Gasteiger partial charge in [0.2, 0.25) is 10.0 Å². The third-order valence-corrected chi connectivity index (χ3v) is 9.68. The lowest BCUT2D eigenvalue weighted by Gasteiger charge is -2.48. The molecule has 0 spiro atoms. The monoisotopic (exact) mass is 602 g/mol. The van der Waals surface area contributed by atoms with E-state index >= 15 is 0 Å². The summed E-state index contributed by atoms with van der Waals surface area (Å²) < 4.78 is 49.2. The Balaban J connectivity index is 1.66. The number of anilines is 1. The van der Waals surface area contributed by atoms with Crippen molar-refractivity contribution in [1.82, 2.24) is 4.90 Å². The smallest absolute Gasteiger partial charge is 0.253 e. The number of allylic oxidation sites excluding steroid dienone is 1. The first kappa shape index (κ1) is 28.6. The highest BCUT2D eigenvalue weighted by Crippen LogP contribution is 2.46. The third kappa shape index (κ3) is 5.50. The van der Waals surface area contributed by atoms with Gasteiger partial charge < -0.3 is 9.64 Å². The summed E-state index contributed by atoms with van der Waals surface area (Å²) in [4.78, 5) is 15.9. The number of para-hydroxylation sites is 1. The van der Waals surface area contributed by atoms with Gasteiger partial charge in [-0.2, -0.15) is 0 Å². The number of halogens is 3. The number of carbonyl (C=O) groups excluding carboxylic acids is 1. The Kier molecular flexibility index (Phi) is 8.25. The molecule has 3 aromatic rings. The molecule has 5 rings (SSSR count). The van der Waals surface area contributed by atoms with Gasteiger partial charge in [0.05, 0.1) is 30.1 Å². The molecule has 10 heteroatoms. The molecule has 0 bridgehead atoms. The summed E-state index contributed by atoms with van der Waals surface area (Å²) in [6, 6.07) is 18.6. The highest BCUT2D eigenvalue weighted by atomic mass is 35.5. The molecule has 210 valence electrons. The van der Waals surface area contributed by atoms with Crippen LogP contribution in [0, 0.1) is 11.7 Å². The van der Waals surface area contributed by atoms with Crippen LogP contribution in [0.4, 0.5) is 10.1 Å². The Labute approximate surface area is 244 Å². The van der Waals surface area contributed by atoms with Gasteiger partial charge in [-0.25, -0.2) is 12.8 Å². The zero-order chi connectivity index (χ0) is 28.6. The Morgan fingerprint density at radius 3 is 2.40 bits per heavy atom. The van der Waals surface area contributed by atoms with E-state index in [1.54, 1.807) is 35.2 Å². The van der Waals surface area contributed by atoms with Crippen molar-refractivity contribution in [2.75, 3.05) is 16.6 Å². The van der Waals surface area contributed by atoms with Crippen LogP contribution < -0.4 is 4.31 Å². The number of hydrogen-bond acceptors (Lipinski definition) is 4. The minimum Gasteiger partial charge on any atom is -0.357 e. The Morgan fingerprint density at radius 2 is 1.73 bits per heavy atom. The maximum absolute atomic E-state index is 14.7. The summed E-state index contributed by atoms with van der Waals surface area (Å²) in [6.45, 7) is 3.66. The molecule has 2 heterocycles. The van der Waals surface area contributed by atoms with Crippen molar-refractivity contribution in [2.24, 2.45) is 5.92 Å². The van der Waals surface area contributed by atoms with Crippen molar-refractivity contribution in [2.45, 2.75) is 38.1 Å². The SMILES string of the molecule is C/C=C/[C@H](C)[C@@H]1O[C@H](c2cccc(Cl)c2)[C@@H](c2ccc(Cl)cc2)N([C@@H]2CN(c3ccccc3F)S(=O)(=O)C2)C1=O. The summed E-state index contributed by atoms with van der Waals surface area (Å²) in [6.07, 6.45) is 2.19. The molecule has 3 aromatic carbocycles. The summed E-state index contributed by atoms with van der Waals surface area (Å²) in [7, 11) is -3.93. The summed E-state index contributed by atoms with van der Waals surface area (Å²) in [5, 5.41) is 1.03. The lowest BCUT2D eigenvalue weighted by Crippen LogP contribution is -2.57. The van der Waals surface area contributed by atoms with Gasteiger partial charge in [0.1, 0.15) is 18.0 Å². The minimum atomic E-state index is -3.93. The average Bonchev–Trinajstić information content (AvgIpc) is 3.23. The van der Waals surface area contributed by atoms with Crippen molar-refractivity contribution in [1.29, 1.82) is 0 Å². The summed E-state index contributed by atoms with van der Waals surface area (Å²) in [5.74, 6) is -1.64. The van der Waals surface area contributed by atoms with E-state index in [1.165, 1.54) is 18.2 Å². The maximum Gasteiger partial charge on any atom is 0.253 e.